The van der Waals surface area contributed by atoms with E-state index in [9.17, 15) is 4.79 Å². The predicted octanol–water partition coefficient (Wildman–Crippen LogP) is 2.77. The van der Waals surface area contributed by atoms with Crippen LogP contribution < -0.4 is 0 Å². The van der Waals surface area contributed by atoms with Gasteiger partial charge in [-0.3, -0.25) is 4.79 Å². The van der Waals surface area contributed by atoms with Crippen molar-refractivity contribution in [2.75, 3.05) is 6.26 Å². The second-order valence-corrected chi connectivity index (χ2v) is 4.48. The zero-order valence-corrected chi connectivity index (χ0v) is 9.39. The maximum Gasteiger partial charge on any atom is 0.313 e. The summed E-state index contributed by atoms with van der Waals surface area (Å²) in [7, 11) is 0. The van der Waals surface area contributed by atoms with Crippen molar-refractivity contribution in [2.24, 2.45) is 0 Å². The fourth-order valence-corrected chi connectivity index (χ4v) is 2.03. The topological polar surface area (TPSA) is 37.3 Å². The van der Waals surface area contributed by atoms with Crippen molar-refractivity contribution in [3.63, 3.8) is 0 Å². The van der Waals surface area contributed by atoms with Crippen molar-refractivity contribution in [3.8, 4) is 0 Å². The van der Waals surface area contributed by atoms with Gasteiger partial charge in [-0.2, -0.15) is 0 Å². The van der Waals surface area contributed by atoms with Crippen LogP contribution in [-0.2, 0) is 10.2 Å². The van der Waals surface area contributed by atoms with Crippen LogP contribution in [-0.4, -0.2) is 17.3 Å². The summed E-state index contributed by atoms with van der Waals surface area (Å²) in [6.07, 6.45) is 1.96. The Morgan fingerprint density at radius 3 is 2.43 bits per heavy atom. The van der Waals surface area contributed by atoms with E-state index < -0.39 is 11.4 Å². The molecule has 0 unspecified atom stereocenters. The number of aliphatic carboxylic acids is 1. The first-order valence-electron chi connectivity index (χ1n) is 4.37. The summed E-state index contributed by atoms with van der Waals surface area (Å²) >= 11 is 1.58. The highest BCUT2D eigenvalue weighted by Crippen LogP contribution is 2.31. The molecule has 0 saturated carbocycles. The van der Waals surface area contributed by atoms with Gasteiger partial charge in [-0.05, 0) is 31.7 Å². The van der Waals surface area contributed by atoms with Crippen molar-refractivity contribution < 1.29 is 9.90 Å². The first kappa shape index (κ1) is 11.1. The predicted molar refractivity (Wildman–Crippen MR) is 58.9 cm³/mol. The highest BCUT2D eigenvalue weighted by atomic mass is 32.2. The minimum Gasteiger partial charge on any atom is -0.481 e. The minimum absolute atomic E-state index is 0.793. The quantitative estimate of drug-likeness (QED) is 0.779. The smallest absolute Gasteiger partial charge is 0.313 e. The van der Waals surface area contributed by atoms with Crippen LogP contribution in [0.15, 0.2) is 29.2 Å². The Morgan fingerprint density at radius 2 is 1.93 bits per heavy atom. The fourth-order valence-electron chi connectivity index (χ4n) is 1.28. The lowest BCUT2D eigenvalue weighted by Crippen LogP contribution is -2.29. The van der Waals surface area contributed by atoms with E-state index in [-0.39, 0.29) is 0 Å². The van der Waals surface area contributed by atoms with E-state index in [1.54, 1.807) is 25.6 Å². The monoisotopic (exact) mass is 210 g/mol. The van der Waals surface area contributed by atoms with Crippen LogP contribution in [0.25, 0.3) is 0 Å². The third-order valence-electron chi connectivity index (χ3n) is 2.31. The molecular weight excluding hydrogens is 196 g/mol. The maximum atomic E-state index is 11.1. The molecule has 14 heavy (non-hydrogen) atoms. The average Bonchev–Trinajstić information content (AvgIpc) is 2.17. The molecule has 1 rings (SSSR count). The van der Waals surface area contributed by atoms with Gasteiger partial charge < -0.3 is 5.11 Å². The molecule has 0 saturated heterocycles. The number of benzene rings is 1. The third-order valence-corrected chi connectivity index (χ3v) is 3.11. The lowest BCUT2D eigenvalue weighted by molar-refractivity contribution is -0.142. The van der Waals surface area contributed by atoms with E-state index >= 15 is 0 Å². The molecule has 0 aliphatic rings. The van der Waals surface area contributed by atoms with Crippen LogP contribution in [0.1, 0.15) is 19.4 Å². The van der Waals surface area contributed by atoms with Crippen molar-refractivity contribution in [1.29, 1.82) is 0 Å². The Bertz CT molecular complexity index is 345. The highest BCUT2D eigenvalue weighted by Gasteiger charge is 2.31. The highest BCUT2D eigenvalue weighted by molar-refractivity contribution is 7.98. The molecule has 76 valence electrons. The number of hydrogen-bond donors (Lipinski definition) is 1. The van der Waals surface area contributed by atoms with Gasteiger partial charge in [-0.1, -0.05) is 18.2 Å². The fraction of sp³-hybridized carbons (Fsp3) is 0.364. The van der Waals surface area contributed by atoms with E-state index in [2.05, 4.69) is 0 Å². The number of carboxylic acid groups (broad SMARTS) is 1. The standard InChI is InChI=1S/C11H14O2S/c1-11(2,10(12)13)8-6-4-5-7-9(8)14-3/h4-7H,1-3H3,(H,12,13). The van der Waals surface area contributed by atoms with Crippen LogP contribution in [0.4, 0.5) is 0 Å². The van der Waals surface area contributed by atoms with E-state index in [0.29, 0.717) is 0 Å². The van der Waals surface area contributed by atoms with Crippen LogP contribution >= 0.6 is 11.8 Å². The van der Waals surface area contributed by atoms with Gasteiger partial charge in [0.15, 0.2) is 0 Å². The van der Waals surface area contributed by atoms with Gasteiger partial charge in [0.25, 0.3) is 0 Å². The summed E-state index contributed by atoms with van der Waals surface area (Å²) in [5, 5.41) is 9.11. The molecule has 3 heteroatoms. The summed E-state index contributed by atoms with van der Waals surface area (Å²) < 4.78 is 0. The molecule has 0 spiro atoms. The molecule has 0 radical (unpaired) electrons. The normalized spacial score (nSPS) is 11.4. The number of carbonyl (C=O) groups is 1. The Balaban J connectivity index is 3.24. The van der Waals surface area contributed by atoms with Gasteiger partial charge >= 0.3 is 5.97 Å². The second-order valence-electron chi connectivity index (χ2n) is 3.63. The van der Waals surface area contributed by atoms with Crippen LogP contribution in [0.2, 0.25) is 0 Å². The Hall–Kier alpha value is -0.960. The Morgan fingerprint density at radius 1 is 1.36 bits per heavy atom. The van der Waals surface area contributed by atoms with Gasteiger partial charge in [0, 0.05) is 4.90 Å². The Labute approximate surface area is 88.3 Å². The maximum absolute atomic E-state index is 11.1. The van der Waals surface area contributed by atoms with Crippen molar-refractivity contribution in [3.05, 3.63) is 29.8 Å². The van der Waals surface area contributed by atoms with Crippen LogP contribution in [0.3, 0.4) is 0 Å². The first-order valence-corrected chi connectivity index (χ1v) is 5.59. The molecule has 0 aromatic heterocycles. The zero-order chi connectivity index (χ0) is 10.8. The molecule has 0 heterocycles. The molecule has 0 aliphatic heterocycles. The molecule has 0 bridgehead atoms. The molecule has 0 aliphatic carbocycles. The lowest BCUT2D eigenvalue weighted by Gasteiger charge is -2.22. The number of thioether (sulfide) groups is 1. The minimum atomic E-state index is -0.820. The first-order chi connectivity index (χ1) is 6.50. The van der Waals surface area contributed by atoms with E-state index in [0.717, 1.165) is 10.5 Å². The molecule has 2 nitrogen and oxygen atoms in total. The Kier molecular flexibility index (Phi) is 3.21. The van der Waals surface area contributed by atoms with Gasteiger partial charge in [0.05, 0.1) is 5.41 Å². The summed E-state index contributed by atoms with van der Waals surface area (Å²) in [6.45, 7) is 3.45. The number of rotatable bonds is 3. The summed E-state index contributed by atoms with van der Waals surface area (Å²) in [6, 6.07) is 7.62. The van der Waals surface area contributed by atoms with Crippen molar-refractivity contribution in [1.82, 2.24) is 0 Å². The molecule has 1 aromatic carbocycles. The SMILES string of the molecule is CSc1ccccc1C(C)(C)C(=O)O. The van der Waals surface area contributed by atoms with Crippen molar-refractivity contribution in [2.45, 2.75) is 24.2 Å². The van der Waals surface area contributed by atoms with Crippen molar-refractivity contribution >= 4 is 17.7 Å². The summed E-state index contributed by atoms with van der Waals surface area (Å²) in [4.78, 5) is 12.1. The van der Waals surface area contributed by atoms with E-state index in [1.807, 2.05) is 30.5 Å². The van der Waals surface area contributed by atoms with E-state index in [4.69, 9.17) is 5.11 Å². The van der Waals surface area contributed by atoms with Gasteiger partial charge in [0.2, 0.25) is 0 Å². The average molecular weight is 210 g/mol. The van der Waals surface area contributed by atoms with Crippen LogP contribution in [0, 0.1) is 0 Å². The molecule has 1 aromatic rings. The van der Waals surface area contributed by atoms with Gasteiger partial charge in [0.1, 0.15) is 0 Å². The molecule has 0 fully saturated rings. The number of hydrogen-bond acceptors (Lipinski definition) is 2. The molecule has 0 atom stereocenters. The number of carboxylic acids is 1. The zero-order valence-electron chi connectivity index (χ0n) is 8.57. The molecule has 0 amide bonds. The lowest BCUT2D eigenvalue weighted by atomic mass is 9.85. The van der Waals surface area contributed by atoms with Crippen LogP contribution in [0.5, 0.6) is 0 Å². The summed E-state index contributed by atoms with van der Waals surface area (Å²) in [5.74, 6) is -0.793. The largest absolute Gasteiger partial charge is 0.481 e. The van der Waals surface area contributed by atoms with E-state index in [1.165, 1.54) is 0 Å². The summed E-state index contributed by atoms with van der Waals surface area (Å²) in [5.41, 5.74) is 0.0552. The third kappa shape index (κ3) is 1.93. The second kappa shape index (κ2) is 4.05. The van der Waals surface area contributed by atoms with Gasteiger partial charge in [-0.25, -0.2) is 0 Å². The molecule has 1 N–H and O–H groups in total. The molecular formula is C11H14O2S. The van der Waals surface area contributed by atoms with Gasteiger partial charge in [-0.15, -0.1) is 11.8 Å².